The quantitative estimate of drug-likeness (QED) is 0.320. The molecule has 0 spiro atoms. The molecule has 4 aromatic heterocycles. The lowest BCUT2D eigenvalue weighted by Gasteiger charge is -2.56. The zero-order chi connectivity index (χ0) is 28.0. The summed E-state index contributed by atoms with van der Waals surface area (Å²) in [6.45, 7) is 3.11. The van der Waals surface area contributed by atoms with Crippen LogP contribution in [0, 0.1) is 28.1 Å². The summed E-state index contributed by atoms with van der Waals surface area (Å²) in [6, 6.07) is 15.7. The van der Waals surface area contributed by atoms with Gasteiger partial charge in [0.15, 0.2) is 0 Å². The van der Waals surface area contributed by atoms with Gasteiger partial charge in [-0.1, -0.05) is 12.5 Å². The summed E-state index contributed by atoms with van der Waals surface area (Å²) >= 11 is 0. The molecule has 1 aliphatic carbocycles. The van der Waals surface area contributed by atoms with E-state index < -0.39 is 5.41 Å². The summed E-state index contributed by atoms with van der Waals surface area (Å²) in [6.07, 6.45) is 11.1. The number of anilines is 1. The highest BCUT2D eigenvalue weighted by atomic mass is 16.5. The number of nitrogens with zero attached hydrogens (tertiary/aromatic N) is 8. The van der Waals surface area contributed by atoms with Crippen LogP contribution >= 0.6 is 0 Å². The summed E-state index contributed by atoms with van der Waals surface area (Å²) in [5, 5.41) is 23.7. The molecule has 41 heavy (non-hydrogen) atoms. The minimum atomic E-state index is -0.406. The molecular weight excluding hydrogens is 516 g/mol. The number of piperazine rings is 1. The van der Waals surface area contributed by atoms with Gasteiger partial charge in [0, 0.05) is 61.3 Å². The van der Waals surface area contributed by atoms with Crippen molar-refractivity contribution >= 4 is 11.3 Å². The van der Waals surface area contributed by atoms with Crippen LogP contribution in [0.5, 0.6) is 11.6 Å². The minimum absolute atomic E-state index is 0.349. The smallest absolute Gasteiger partial charge is 0.212 e. The molecule has 2 atom stereocenters. The van der Waals surface area contributed by atoms with Crippen molar-refractivity contribution in [3.8, 4) is 34.9 Å². The van der Waals surface area contributed by atoms with E-state index in [0.717, 1.165) is 61.4 Å². The Morgan fingerprint density at radius 3 is 2.54 bits per heavy atom. The molecule has 206 valence electrons. The van der Waals surface area contributed by atoms with Crippen LogP contribution in [0.15, 0.2) is 55.1 Å². The van der Waals surface area contributed by atoms with E-state index in [1.807, 2.05) is 24.5 Å². The van der Waals surface area contributed by atoms with Crippen molar-refractivity contribution in [1.29, 1.82) is 10.5 Å². The first-order valence-corrected chi connectivity index (χ1v) is 14.0. The molecule has 3 aliphatic heterocycles. The third-order valence-corrected chi connectivity index (χ3v) is 8.87. The fourth-order valence-corrected chi connectivity index (χ4v) is 6.29. The molecule has 0 radical (unpaired) electrons. The van der Waals surface area contributed by atoms with Gasteiger partial charge < -0.3 is 14.4 Å². The molecule has 10 heteroatoms. The molecule has 8 rings (SSSR count). The average molecular weight is 547 g/mol. The van der Waals surface area contributed by atoms with Crippen molar-refractivity contribution < 1.29 is 9.47 Å². The number of aromatic nitrogens is 4. The van der Waals surface area contributed by atoms with Gasteiger partial charge in [0.2, 0.25) is 5.88 Å². The van der Waals surface area contributed by atoms with Crippen LogP contribution in [0.25, 0.3) is 16.6 Å². The van der Waals surface area contributed by atoms with Gasteiger partial charge in [-0.15, -0.1) is 0 Å². The number of hydrogen-bond donors (Lipinski definition) is 0. The van der Waals surface area contributed by atoms with Gasteiger partial charge in [-0.3, -0.25) is 4.90 Å². The molecule has 1 saturated carbocycles. The van der Waals surface area contributed by atoms with E-state index in [1.54, 1.807) is 24.0 Å². The molecule has 4 aliphatic rings. The number of piperidine rings is 1. The van der Waals surface area contributed by atoms with Gasteiger partial charge >= 0.3 is 0 Å². The first-order chi connectivity index (χ1) is 20.1. The van der Waals surface area contributed by atoms with Crippen LogP contribution in [-0.2, 0) is 6.54 Å². The second-order valence-corrected chi connectivity index (χ2v) is 11.3. The third kappa shape index (κ3) is 4.51. The van der Waals surface area contributed by atoms with Crippen molar-refractivity contribution in [1.82, 2.24) is 24.5 Å². The van der Waals surface area contributed by atoms with Crippen LogP contribution in [0.3, 0.4) is 0 Å². The van der Waals surface area contributed by atoms with E-state index in [9.17, 15) is 10.5 Å². The minimum Gasteiger partial charge on any atom is -0.490 e. The summed E-state index contributed by atoms with van der Waals surface area (Å²) in [5.41, 5.74) is 3.71. The van der Waals surface area contributed by atoms with E-state index in [1.165, 1.54) is 12.0 Å². The fourth-order valence-electron chi connectivity index (χ4n) is 6.29. The highest BCUT2D eigenvalue weighted by Gasteiger charge is 2.44. The Morgan fingerprint density at radius 2 is 1.90 bits per heavy atom. The number of methoxy groups -OCH3 is 1. The van der Waals surface area contributed by atoms with Crippen LogP contribution in [-0.4, -0.2) is 63.4 Å². The summed E-state index contributed by atoms with van der Waals surface area (Å²) in [4.78, 5) is 14.1. The molecule has 2 unspecified atom stereocenters. The Kier molecular flexibility index (Phi) is 6.21. The first-order valence-electron chi connectivity index (χ1n) is 14.0. The van der Waals surface area contributed by atoms with Crippen LogP contribution in [0.4, 0.5) is 5.82 Å². The topological polar surface area (TPSA) is 116 Å². The van der Waals surface area contributed by atoms with E-state index in [0.29, 0.717) is 35.9 Å². The number of fused-ring (bicyclic) bond motifs is 3. The van der Waals surface area contributed by atoms with E-state index in [2.05, 4.69) is 50.2 Å². The molecule has 3 saturated heterocycles. The van der Waals surface area contributed by atoms with Crippen LogP contribution in [0.2, 0.25) is 0 Å². The highest BCUT2D eigenvalue weighted by Crippen LogP contribution is 2.41. The van der Waals surface area contributed by atoms with Gasteiger partial charge in [0.25, 0.3) is 0 Å². The van der Waals surface area contributed by atoms with E-state index in [-0.39, 0.29) is 0 Å². The average Bonchev–Trinajstić information content (AvgIpc) is 3.43. The van der Waals surface area contributed by atoms with Crippen LogP contribution < -0.4 is 14.4 Å². The Balaban J connectivity index is 1.08. The fraction of sp³-hybridized carbons (Fsp3) is 0.387. The molecular formula is C31H30N8O2. The van der Waals surface area contributed by atoms with Crippen molar-refractivity contribution in [3.63, 3.8) is 0 Å². The predicted molar refractivity (Wildman–Crippen MR) is 151 cm³/mol. The third-order valence-electron chi connectivity index (χ3n) is 8.87. The molecule has 10 nitrogen and oxygen atoms in total. The Morgan fingerprint density at radius 1 is 1.05 bits per heavy atom. The molecule has 2 bridgehead atoms. The van der Waals surface area contributed by atoms with Gasteiger partial charge in [0.1, 0.15) is 24.2 Å². The molecule has 4 fully saturated rings. The Hall–Kier alpha value is -4.67. The van der Waals surface area contributed by atoms with Crippen molar-refractivity contribution in [3.05, 3.63) is 66.2 Å². The second kappa shape index (κ2) is 10.1. The van der Waals surface area contributed by atoms with Crippen molar-refractivity contribution in [2.45, 2.75) is 44.3 Å². The largest absolute Gasteiger partial charge is 0.490 e. The molecule has 0 aromatic carbocycles. The highest BCUT2D eigenvalue weighted by molar-refractivity contribution is 5.85. The van der Waals surface area contributed by atoms with E-state index >= 15 is 0 Å². The zero-order valence-corrected chi connectivity index (χ0v) is 22.9. The standard InChI is InChI=1S/C31H30N8O2/c1-40-29-6-3-21(12-35-29)15-38-24-9-25(38)17-37(16-24)28-5-4-22(13-34-28)27-10-26(41-20-31(19-33)7-2-8-31)18-39-30(27)23(11-32)14-36-39/h3-6,10,12-14,18,24-25H,2,7-9,15-17,20H2,1H3. The van der Waals surface area contributed by atoms with Crippen molar-refractivity contribution in [2.24, 2.45) is 5.41 Å². The summed E-state index contributed by atoms with van der Waals surface area (Å²) < 4.78 is 13.0. The molecule has 0 amide bonds. The number of pyridine rings is 3. The van der Waals surface area contributed by atoms with Gasteiger partial charge in [-0.25, -0.2) is 14.5 Å². The van der Waals surface area contributed by atoms with Gasteiger partial charge in [0.05, 0.1) is 42.1 Å². The van der Waals surface area contributed by atoms with Gasteiger partial charge in [-0.2, -0.15) is 15.6 Å². The molecule has 0 N–H and O–H groups in total. The number of nitriles is 2. The summed E-state index contributed by atoms with van der Waals surface area (Å²) in [5.74, 6) is 2.21. The summed E-state index contributed by atoms with van der Waals surface area (Å²) in [7, 11) is 1.63. The van der Waals surface area contributed by atoms with Crippen LogP contribution in [0.1, 0.15) is 36.8 Å². The number of hydrogen-bond acceptors (Lipinski definition) is 9. The number of ether oxygens (including phenoxy) is 2. The maximum atomic E-state index is 9.72. The normalized spacial score (nSPS) is 20.9. The SMILES string of the molecule is COc1ccc(CN2C3CC2CN(c2ccc(-c4cc(OCC5(C#N)CCC5)cn5ncc(C#N)c45)cn2)C3)cn1. The zero-order valence-electron chi connectivity index (χ0n) is 22.9. The monoisotopic (exact) mass is 546 g/mol. The Labute approximate surface area is 238 Å². The Bertz CT molecular complexity index is 1650. The second-order valence-electron chi connectivity index (χ2n) is 11.3. The van der Waals surface area contributed by atoms with Gasteiger partial charge in [-0.05, 0) is 43.0 Å². The lowest BCUT2D eigenvalue weighted by Crippen LogP contribution is -2.68. The lowest BCUT2D eigenvalue weighted by molar-refractivity contribution is -0.00876. The first kappa shape index (κ1) is 25.3. The molecule has 4 aromatic rings. The number of rotatable bonds is 8. The maximum Gasteiger partial charge on any atom is 0.212 e. The van der Waals surface area contributed by atoms with Crippen molar-refractivity contribution in [2.75, 3.05) is 31.7 Å². The lowest BCUT2D eigenvalue weighted by atomic mass is 9.71. The molecule has 7 heterocycles. The van der Waals surface area contributed by atoms with E-state index in [4.69, 9.17) is 14.5 Å². The maximum absolute atomic E-state index is 9.72. The predicted octanol–water partition coefficient (Wildman–Crippen LogP) is 4.21.